The molecule has 2 aromatic carbocycles. The van der Waals surface area contributed by atoms with E-state index in [1.807, 2.05) is 0 Å². The Balaban J connectivity index is 3.02. The highest BCUT2D eigenvalue weighted by Gasteiger charge is 2.12. The van der Waals surface area contributed by atoms with Gasteiger partial charge in [-0.1, -0.05) is 24.3 Å². The predicted octanol–water partition coefficient (Wildman–Crippen LogP) is 1.76. The quantitative estimate of drug-likeness (QED) is 0.766. The Hall–Kier alpha value is -1.59. The van der Waals surface area contributed by atoms with E-state index in [0.717, 1.165) is 0 Å². The lowest BCUT2D eigenvalue weighted by Gasteiger charge is -2.13. The molecule has 4 nitrogen and oxygen atoms in total. The number of aryl methyl sites for hydroxylation is 1. The van der Waals surface area contributed by atoms with Crippen LogP contribution >= 0.6 is 0 Å². The predicted molar refractivity (Wildman–Crippen MR) is 58.3 cm³/mol. The number of phenols is 1. The van der Waals surface area contributed by atoms with Crippen molar-refractivity contribution in [1.82, 2.24) is 0 Å². The fourth-order valence-corrected chi connectivity index (χ4v) is 2.43. The van der Waals surface area contributed by atoms with E-state index in [1.54, 1.807) is 25.1 Å². The highest BCUT2D eigenvalue weighted by atomic mass is 32.2. The van der Waals surface area contributed by atoms with Crippen molar-refractivity contribution in [2.45, 2.75) is 11.8 Å². The average Bonchev–Trinajstić information content (AvgIpc) is 2.22. The second-order valence-electron chi connectivity index (χ2n) is 3.54. The molecule has 0 spiro atoms. The summed E-state index contributed by atoms with van der Waals surface area (Å²) >= 11 is 0. The Morgan fingerprint density at radius 3 is 2.31 bits per heavy atom. The maximum absolute atomic E-state index is 11.1. The Morgan fingerprint density at radius 1 is 1.19 bits per heavy atom. The number of rotatable bonds is 1. The van der Waals surface area contributed by atoms with E-state index in [4.69, 9.17) is 0 Å². The van der Waals surface area contributed by atoms with Crippen LogP contribution in [0.15, 0.2) is 35.2 Å². The fourth-order valence-electron chi connectivity index (χ4n) is 1.67. The topological polar surface area (TPSA) is 77.4 Å². The Labute approximate surface area is 92.9 Å². The van der Waals surface area contributed by atoms with Crippen LogP contribution in [0.4, 0.5) is 0 Å². The van der Waals surface area contributed by atoms with Crippen LogP contribution in [0.5, 0.6) is 5.75 Å². The minimum atomic E-state index is -4.53. The SMILES string of the molecule is Cc1cc(S(=O)(=O)[O-])c2ccccc2c1O. The largest absolute Gasteiger partial charge is 0.744 e. The highest BCUT2D eigenvalue weighted by molar-refractivity contribution is 7.86. The van der Waals surface area contributed by atoms with E-state index in [-0.39, 0.29) is 16.0 Å². The van der Waals surface area contributed by atoms with Crippen molar-refractivity contribution in [3.05, 3.63) is 35.9 Å². The molecule has 0 bridgehead atoms. The van der Waals surface area contributed by atoms with Crippen LogP contribution in [0.2, 0.25) is 0 Å². The smallest absolute Gasteiger partial charge is 0.126 e. The molecule has 5 heteroatoms. The molecule has 0 heterocycles. The van der Waals surface area contributed by atoms with Crippen LogP contribution in [0.25, 0.3) is 10.8 Å². The summed E-state index contributed by atoms with van der Waals surface area (Å²) < 4.78 is 33.2. The van der Waals surface area contributed by atoms with E-state index in [2.05, 4.69) is 0 Å². The van der Waals surface area contributed by atoms with Gasteiger partial charge in [-0.15, -0.1) is 0 Å². The van der Waals surface area contributed by atoms with Gasteiger partial charge in [0.15, 0.2) is 0 Å². The molecule has 84 valence electrons. The molecule has 2 rings (SSSR count). The molecule has 0 aliphatic carbocycles. The summed E-state index contributed by atoms with van der Waals surface area (Å²) in [5, 5.41) is 10.4. The first-order valence-corrected chi connectivity index (χ1v) is 5.99. The first-order valence-electron chi connectivity index (χ1n) is 4.58. The molecule has 16 heavy (non-hydrogen) atoms. The zero-order valence-electron chi connectivity index (χ0n) is 8.47. The van der Waals surface area contributed by atoms with Gasteiger partial charge >= 0.3 is 0 Å². The van der Waals surface area contributed by atoms with Gasteiger partial charge in [-0.3, -0.25) is 0 Å². The van der Waals surface area contributed by atoms with Crippen LogP contribution in [0.3, 0.4) is 0 Å². The van der Waals surface area contributed by atoms with Gasteiger partial charge in [0.1, 0.15) is 15.9 Å². The minimum Gasteiger partial charge on any atom is -0.744 e. The lowest BCUT2D eigenvalue weighted by atomic mass is 10.1. The molecular formula is C11H9O4S-. The number of benzene rings is 2. The monoisotopic (exact) mass is 237 g/mol. The third kappa shape index (κ3) is 1.64. The Bertz CT molecular complexity index is 659. The van der Waals surface area contributed by atoms with Crippen molar-refractivity contribution < 1.29 is 18.1 Å². The summed E-state index contributed by atoms with van der Waals surface area (Å²) in [5.74, 6) is 0.00278. The van der Waals surface area contributed by atoms with Crippen molar-refractivity contribution >= 4 is 20.9 Å². The maximum Gasteiger partial charge on any atom is 0.126 e. The van der Waals surface area contributed by atoms with Crippen molar-refractivity contribution in [3.8, 4) is 5.75 Å². The van der Waals surface area contributed by atoms with Gasteiger partial charge in [-0.25, -0.2) is 8.42 Å². The second-order valence-corrected chi connectivity index (χ2v) is 4.89. The summed E-state index contributed by atoms with van der Waals surface area (Å²) in [5.41, 5.74) is 0.369. The lowest BCUT2D eigenvalue weighted by Crippen LogP contribution is -2.00. The maximum atomic E-state index is 11.1. The molecule has 0 amide bonds. The molecule has 0 aliphatic heterocycles. The zero-order valence-corrected chi connectivity index (χ0v) is 9.28. The normalized spacial score (nSPS) is 11.9. The highest BCUT2D eigenvalue weighted by Crippen LogP contribution is 2.33. The Morgan fingerprint density at radius 2 is 1.75 bits per heavy atom. The van der Waals surface area contributed by atoms with E-state index in [0.29, 0.717) is 10.9 Å². The lowest BCUT2D eigenvalue weighted by molar-refractivity contribution is 0.463. The molecule has 0 saturated heterocycles. The molecule has 0 radical (unpaired) electrons. The average molecular weight is 237 g/mol. The first-order chi connectivity index (χ1) is 7.41. The molecule has 2 aromatic rings. The molecule has 0 atom stereocenters. The van der Waals surface area contributed by atoms with Gasteiger partial charge in [0.25, 0.3) is 0 Å². The molecule has 1 N–H and O–H groups in total. The van der Waals surface area contributed by atoms with Crippen molar-refractivity contribution in [2.75, 3.05) is 0 Å². The third-order valence-electron chi connectivity index (χ3n) is 2.44. The molecule has 0 unspecified atom stereocenters. The van der Waals surface area contributed by atoms with Crippen molar-refractivity contribution in [1.29, 1.82) is 0 Å². The minimum absolute atomic E-state index is 0.00278. The molecule has 0 aliphatic rings. The van der Waals surface area contributed by atoms with Crippen LogP contribution in [-0.2, 0) is 10.1 Å². The van der Waals surface area contributed by atoms with Crippen molar-refractivity contribution in [2.24, 2.45) is 0 Å². The number of phenolic OH excluding ortho intramolecular Hbond substituents is 1. The first kappa shape index (κ1) is 10.9. The number of aromatic hydroxyl groups is 1. The molecular weight excluding hydrogens is 228 g/mol. The third-order valence-corrected chi connectivity index (χ3v) is 3.31. The van der Waals surface area contributed by atoms with Gasteiger partial charge in [0.2, 0.25) is 0 Å². The second kappa shape index (κ2) is 3.47. The molecule has 0 saturated carbocycles. The van der Waals surface area contributed by atoms with Crippen LogP contribution in [-0.4, -0.2) is 18.1 Å². The zero-order chi connectivity index (χ0) is 11.9. The van der Waals surface area contributed by atoms with Gasteiger partial charge in [0, 0.05) is 10.8 Å². The number of hydrogen-bond acceptors (Lipinski definition) is 4. The van der Waals surface area contributed by atoms with Gasteiger partial charge in [-0.05, 0) is 18.6 Å². The molecule has 0 aromatic heterocycles. The van der Waals surface area contributed by atoms with Crippen LogP contribution in [0, 0.1) is 6.92 Å². The van der Waals surface area contributed by atoms with E-state index < -0.39 is 10.1 Å². The summed E-state index contributed by atoms with van der Waals surface area (Å²) in [6.45, 7) is 1.55. The number of fused-ring (bicyclic) bond motifs is 1. The van der Waals surface area contributed by atoms with Crippen molar-refractivity contribution in [3.63, 3.8) is 0 Å². The van der Waals surface area contributed by atoms with Crippen LogP contribution < -0.4 is 0 Å². The summed E-state index contributed by atoms with van der Waals surface area (Å²) in [7, 11) is -4.53. The fraction of sp³-hybridized carbons (Fsp3) is 0.0909. The standard InChI is InChI=1S/C11H10O4S/c1-7-6-10(16(13,14)15)8-4-2-3-5-9(8)11(7)12/h2-6,12H,1H3,(H,13,14,15)/p-1. The molecule has 0 fully saturated rings. The van der Waals surface area contributed by atoms with E-state index >= 15 is 0 Å². The summed E-state index contributed by atoms with van der Waals surface area (Å²) in [4.78, 5) is -0.293. The van der Waals surface area contributed by atoms with Crippen LogP contribution in [0.1, 0.15) is 5.56 Å². The Kier molecular flexibility index (Phi) is 2.36. The van der Waals surface area contributed by atoms with Gasteiger partial charge in [0.05, 0.1) is 4.90 Å². The van der Waals surface area contributed by atoms with E-state index in [9.17, 15) is 18.1 Å². The van der Waals surface area contributed by atoms with Gasteiger partial charge < -0.3 is 9.66 Å². The number of hydrogen-bond donors (Lipinski definition) is 1. The van der Waals surface area contributed by atoms with E-state index in [1.165, 1.54) is 12.1 Å². The summed E-state index contributed by atoms with van der Waals surface area (Å²) in [6.07, 6.45) is 0. The summed E-state index contributed by atoms with van der Waals surface area (Å²) in [6, 6.07) is 7.56. The van der Waals surface area contributed by atoms with Gasteiger partial charge in [-0.2, -0.15) is 0 Å².